The second-order valence-electron chi connectivity index (χ2n) is 5.00. The van der Waals surface area contributed by atoms with Crippen molar-refractivity contribution in [1.29, 1.82) is 0 Å². The minimum Gasteiger partial charge on any atom is -0.481 e. The van der Waals surface area contributed by atoms with E-state index in [9.17, 15) is 14.0 Å². The standard InChI is InChI=1S/C13H15BrFNO3/c1-7-4-9(15)8(14)5-10(7)16-11(17)6-13(2,3)12(18)19/h4-5H,6H2,1-3H3,(H,16,17)(H,18,19). The van der Waals surface area contributed by atoms with Gasteiger partial charge in [0.05, 0.1) is 9.89 Å². The number of nitrogens with one attached hydrogen (secondary N) is 1. The van der Waals surface area contributed by atoms with Gasteiger partial charge >= 0.3 is 5.97 Å². The van der Waals surface area contributed by atoms with Gasteiger partial charge in [-0.3, -0.25) is 9.59 Å². The minimum absolute atomic E-state index is 0.156. The van der Waals surface area contributed by atoms with E-state index in [1.165, 1.54) is 26.0 Å². The summed E-state index contributed by atoms with van der Waals surface area (Å²) in [7, 11) is 0. The van der Waals surface area contributed by atoms with Crippen LogP contribution < -0.4 is 5.32 Å². The SMILES string of the molecule is Cc1cc(F)c(Br)cc1NC(=O)CC(C)(C)C(=O)O. The van der Waals surface area contributed by atoms with Gasteiger partial charge in [0.1, 0.15) is 5.82 Å². The molecule has 0 heterocycles. The Hall–Kier alpha value is -1.43. The highest BCUT2D eigenvalue weighted by Crippen LogP contribution is 2.26. The van der Waals surface area contributed by atoms with E-state index in [1.807, 2.05) is 0 Å². The van der Waals surface area contributed by atoms with Crippen molar-refractivity contribution in [2.45, 2.75) is 27.2 Å². The monoisotopic (exact) mass is 331 g/mol. The predicted molar refractivity (Wildman–Crippen MR) is 73.5 cm³/mol. The maximum atomic E-state index is 13.2. The van der Waals surface area contributed by atoms with Gasteiger partial charge in [0.2, 0.25) is 5.91 Å². The van der Waals surface area contributed by atoms with E-state index in [0.717, 1.165) is 0 Å². The predicted octanol–water partition coefficient (Wildman–Crippen LogP) is 3.34. The topological polar surface area (TPSA) is 66.4 Å². The molecule has 6 heteroatoms. The number of carbonyl (C=O) groups is 2. The van der Waals surface area contributed by atoms with Gasteiger partial charge in [0, 0.05) is 12.1 Å². The Morgan fingerprint density at radius 2 is 2.00 bits per heavy atom. The van der Waals surface area contributed by atoms with Crippen molar-refractivity contribution in [1.82, 2.24) is 0 Å². The third kappa shape index (κ3) is 4.02. The van der Waals surface area contributed by atoms with E-state index in [0.29, 0.717) is 11.3 Å². The van der Waals surface area contributed by atoms with Crippen molar-refractivity contribution >= 4 is 33.5 Å². The van der Waals surface area contributed by atoms with E-state index in [4.69, 9.17) is 5.11 Å². The second kappa shape index (κ2) is 5.69. The van der Waals surface area contributed by atoms with Crippen LogP contribution in [0.25, 0.3) is 0 Å². The summed E-state index contributed by atoms with van der Waals surface area (Å²) in [5.74, 6) is -1.88. The Morgan fingerprint density at radius 1 is 1.42 bits per heavy atom. The molecule has 0 fully saturated rings. The van der Waals surface area contributed by atoms with Gasteiger partial charge in [0.25, 0.3) is 0 Å². The Labute approximate surface area is 119 Å². The number of amides is 1. The molecule has 0 aliphatic heterocycles. The molecule has 19 heavy (non-hydrogen) atoms. The van der Waals surface area contributed by atoms with E-state index >= 15 is 0 Å². The number of aryl methyl sites for hydroxylation is 1. The van der Waals surface area contributed by atoms with Crippen molar-refractivity contribution < 1.29 is 19.1 Å². The summed E-state index contributed by atoms with van der Waals surface area (Å²) in [6.07, 6.45) is -0.156. The highest BCUT2D eigenvalue weighted by atomic mass is 79.9. The first-order chi connectivity index (χ1) is 8.63. The Balaban J connectivity index is 2.84. The van der Waals surface area contributed by atoms with E-state index in [-0.39, 0.29) is 10.9 Å². The number of benzene rings is 1. The number of aliphatic carboxylic acids is 1. The molecule has 0 unspecified atom stereocenters. The van der Waals surface area contributed by atoms with Crippen LogP contribution in [0.4, 0.5) is 10.1 Å². The van der Waals surface area contributed by atoms with E-state index in [1.54, 1.807) is 6.92 Å². The normalized spacial score (nSPS) is 11.2. The van der Waals surface area contributed by atoms with Crippen LogP contribution in [0.2, 0.25) is 0 Å². The number of anilines is 1. The van der Waals surface area contributed by atoms with E-state index in [2.05, 4.69) is 21.2 Å². The highest BCUT2D eigenvalue weighted by molar-refractivity contribution is 9.10. The van der Waals surface area contributed by atoms with Gasteiger partial charge in [-0.15, -0.1) is 0 Å². The fraction of sp³-hybridized carbons (Fsp3) is 0.385. The third-order valence-electron chi connectivity index (χ3n) is 2.72. The largest absolute Gasteiger partial charge is 0.481 e. The molecule has 0 saturated heterocycles. The molecule has 1 aromatic rings. The van der Waals surface area contributed by atoms with Gasteiger partial charge in [-0.05, 0) is 54.4 Å². The zero-order valence-electron chi connectivity index (χ0n) is 10.9. The molecule has 0 spiro atoms. The molecule has 1 rings (SSSR count). The number of carbonyl (C=O) groups excluding carboxylic acids is 1. The molecule has 0 atom stereocenters. The van der Waals surface area contributed by atoms with E-state index < -0.39 is 23.1 Å². The van der Waals surface area contributed by atoms with Gasteiger partial charge in [-0.1, -0.05) is 0 Å². The fourth-order valence-electron chi connectivity index (χ4n) is 1.45. The summed E-state index contributed by atoms with van der Waals surface area (Å²) in [4.78, 5) is 22.7. The van der Waals surface area contributed by atoms with Crippen LogP contribution in [0.15, 0.2) is 16.6 Å². The molecule has 0 radical (unpaired) electrons. The van der Waals surface area contributed by atoms with Crippen molar-refractivity contribution in [3.8, 4) is 0 Å². The smallest absolute Gasteiger partial charge is 0.309 e. The average Bonchev–Trinajstić information content (AvgIpc) is 2.24. The summed E-state index contributed by atoms with van der Waals surface area (Å²) >= 11 is 3.03. The lowest BCUT2D eigenvalue weighted by molar-refractivity contribution is -0.148. The molecule has 1 amide bonds. The minimum atomic E-state index is -1.14. The lowest BCUT2D eigenvalue weighted by atomic mass is 9.89. The number of carboxylic acids is 1. The van der Waals surface area contributed by atoms with Crippen molar-refractivity contribution in [3.63, 3.8) is 0 Å². The number of hydrogen-bond donors (Lipinski definition) is 2. The van der Waals surface area contributed by atoms with Crippen LogP contribution in [0.5, 0.6) is 0 Å². The molecule has 0 aliphatic rings. The summed E-state index contributed by atoms with van der Waals surface area (Å²) < 4.78 is 13.5. The van der Waals surface area contributed by atoms with Gasteiger partial charge in [-0.25, -0.2) is 4.39 Å². The molecule has 1 aromatic carbocycles. The summed E-state index contributed by atoms with van der Waals surface area (Å²) in [5.41, 5.74) is -0.114. The molecule has 0 saturated carbocycles. The van der Waals surface area contributed by atoms with Crippen LogP contribution in [-0.2, 0) is 9.59 Å². The molecule has 0 bridgehead atoms. The van der Waals surface area contributed by atoms with Crippen LogP contribution in [0.1, 0.15) is 25.8 Å². The van der Waals surface area contributed by atoms with Crippen LogP contribution in [0.3, 0.4) is 0 Å². The second-order valence-corrected chi connectivity index (χ2v) is 5.85. The van der Waals surface area contributed by atoms with Crippen molar-refractivity contribution in [2.24, 2.45) is 5.41 Å². The Bertz CT molecular complexity index is 529. The van der Waals surface area contributed by atoms with Crippen LogP contribution >= 0.6 is 15.9 Å². The maximum Gasteiger partial charge on any atom is 0.309 e. The first kappa shape index (κ1) is 15.6. The number of rotatable bonds is 4. The first-order valence-electron chi connectivity index (χ1n) is 5.62. The Morgan fingerprint density at radius 3 is 2.53 bits per heavy atom. The maximum absolute atomic E-state index is 13.2. The van der Waals surface area contributed by atoms with Crippen LogP contribution in [0, 0.1) is 18.2 Å². The van der Waals surface area contributed by atoms with Gasteiger partial charge < -0.3 is 10.4 Å². The van der Waals surface area contributed by atoms with Crippen LogP contribution in [-0.4, -0.2) is 17.0 Å². The third-order valence-corrected chi connectivity index (χ3v) is 3.33. The number of hydrogen-bond acceptors (Lipinski definition) is 2. The number of halogens is 2. The molecule has 2 N–H and O–H groups in total. The average molecular weight is 332 g/mol. The summed E-state index contributed by atoms with van der Waals surface area (Å²) in [6, 6.07) is 2.75. The number of carboxylic acid groups (broad SMARTS) is 1. The first-order valence-corrected chi connectivity index (χ1v) is 6.41. The molecular formula is C13H15BrFNO3. The van der Waals surface area contributed by atoms with Gasteiger partial charge in [0.15, 0.2) is 0 Å². The summed E-state index contributed by atoms with van der Waals surface area (Å²) in [6.45, 7) is 4.61. The fourth-order valence-corrected chi connectivity index (χ4v) is 1.80. The van der Waals surface area contributed by atoms with Crippen molar-refractivity contribution in [2.75, 3.05) is 5.32 Å². The molecule has 0 aromatic heterocycles. The van der Waals surface area contributed by atoms with Gasteiger partial charge in [-0.2, -0.15) is 0 Å². The molecule has 4 nitrogen and oxygen atoms in total. The lowest BCUT2D eigenvalue weighted by Crippen LogP contribution is -2.29. The Kier molecular flexibility index (Phi) is 4.68. The zero-order valence-corrected chi connectivity index (χ0v) is 12.5. The lowest BCUT2D eigenvalue weighted by Gasteiger charge is -2.18. The molecule has 0 aliphatic carbocycles. The molecule has 104 valence electrons. The zero-order chi connectivity index (χ0) is 14.8. The van der Waals surface area contributed by atoms with Crippen molar-refractivity contribution in [3.05, 3.63) is 28.0 Å². The summed E-state index contributed by atoms with van der Waals surface area (Å²) in [5, 5.41) is 11.5. The highest BCUT2D eigenvalue weighted by Gasteiger charge is 2.30. The quantitative estimate of drug-likeness (QED) is 0.889. The molecular weight excluding hydrogens is 317 g/mol.